The van der Waals surface area contributed by atoms with E-state index in [-0.39, 0.29) is 18.8 Å². The summed E-state index contributed by atoms with van der Waals surface area (Å²) in [7, 11) is -0.139. The number of aryl methyl sites for hydroxylation is 1. The Kier molecular flexibility index (Phi) is 3.12. The van der Waals surface area contributed by atoms with Crippen molar-refractivity contribution in [2.24, 2.45) is 0 Å². The predicted molar refractivity (Wildman–Crippen MR) is 83.2 cm³/mol. The summed E-state index contributed by atoms with van der Waals surface area (Å²) in [6.45, 7) is 4.28. The average molecular weight is 284 g/mol. The molecule has 3 nitrogen and oxygen atoms in total. The first-order valence-corrected chi connectivity index (χ1v) is 7.95. The lowest BCUT2D eigenvalue weighted by Gasteiger charge is -2.34. The van der Waals surface area contributed by atoms with Crippen LogP contribution in [0.25, 0.3) is 11.0 Å². The third kappa shape index (κ3) is 2.21. The van der Waals surface area contributed by atoms with Gasteiger partial charge in [-0.15, -0.1) is 0 Å². The van der Waals surface area contributed by atoms with Gasteiger partial charge < -0.3 is 13.7 Å². The summed E-state index contributed by atoms with van der Waals surface area (Å²) < 4.78 is 18.1. The molecule has 1 saturated heterocycles. The van der Waals surface area contributed by atoms with Gasteiger partial charge in [-0.3, -0.25) is 0 Å². The molecule has 21 heavy (non-hydrogen) atoms. The van der Waals surface area contributed by atoms with Crippen LogP contribution in [0.2, 0.25) is 0 Å². The highest BCUT2D eigenvalue weighted by molar-refractivity contribution is 6.45. The molecule has 2 fully saturated rings. The topological polar surface area (TPSA) is 31.6 Å². The van der Waals surface area contributed by atoms with Crippen LogP contribution < -0.4 is 0 Å². The van der Waals surface area contributed by atoms with Crippen LogP contribution in [-0.4, -0.2) is 18.8 Å². The molecule has 2 aromatic rings. The number of hydrogen-bond donors (Lipinski definition) is 0. The Morgan fingerprint density at radius 3 is 3.10 bits per heavy atom. The Labute approximate surface area is 125 Å². The van der Waals surface area contributed by atoms with E-state index < -0.39 is 0 Å². The summed E-state index contributed by atoms with van der Waals surface area (Å²) in [5, 5.41) is 1.18. The van der Waals surface area contributed by atoms with Gasteiger partial charge in [-0.2, -0.15) is 0 Å². The first kappa shape index (κ1) is 13.4. The van der Waals surface area contributed by atoms with E-state index in [1.165, 1.54) is 29.4 Å². The summed E-state index contributed by atoms with van der Waals surface area (Å²) in [4.78, 5) is 0. The zero-order chi connectivity index (χ0) is 14.4. The van der Waals surface area contributed by atoms with Gasteiger partial charge in [0, 0.05) is 11.7 Å². The first-order valence-electron chi connectivity index (χ1n) is 7.95. The van der Waals surface area contributed by atoms with Crippen LogP contribution in [0.3, 0.4) is 0 Å². The van der Waals surface area contributed by atoms with Crippen molar-refractivity contribution in [1.29, 1.82) is 0 Å². The molecule has 0 N–H and O–H groups in total. The molecule has 0 bridgehead atoms. The van der Waals surface area contributed by atoms with Crippen molar-refractivity contribution >= 4 is 18.1 Å². The molecule has 110 valence electrons. The first-order chi connectivity index (χ1) is 10.2. The third-order valence-corrected chi connectivity index (χ3v) is 5.05. The average Bonchev–Trinajstić information content (AvgIpc) is 3.01. The molecular formula is C17H21BO3. The highest BCUT2D eigenvalue weighted by Gasteiger charge is 2.49. The van der Waals surface area contributed by atoms with Crippen molar-refractivity contribution in [2.45, 2.75) is 57.6 Å². The van der Waals surface area contributed by atoms with Crippen LogP contribution in [0.5, 0.6) is 0 Å². The summed E-state index contributed by atoms with van der Waals surface area (Å²) in [6.07, 6.45) is 7.62. The van der Waals surface area contributed by atoms with Gasteiger partial charge in [0.25, 0.3) is 0 Å². The molecule has 0 spiro atoms. The molecule has 0 radical (unpaired) electrons. The van der Waals surface area contributed by atoms with Crippen LogP contribution in [0.15, 0.2) is 28.9 Å². The zero-order valence-corrected chi connectivity index (χ0v) is 12.7. The van der Waals surface area contributed by atoms with Gasteiger partial charge >= 0.3 is 7.12 Å². The van der Waals surface area contributed by atoms with E-state index in [0.717, 1.165) is 24.7 Å². The standard InChI is InChI=1S/C17H21BO3/c1-12-6-5-7-14-13(11-19-16(12)14)10-18-20-15-8-3-4-9-17(15,2)21-18/h5-7,11,15H,3-4,8-10H2,1-2H3/t15?,17-/m0/s1. The highest BCUT2D eigenvalue weighted by atomic mass is 16.7. The van der Waals surface area contributed by atoms with Crippen molar-refractivity contribution in [1.82, 2.24) is 0 Å². The van der Waals surface area contributed by atoms with E-state index in [1.807, 2.05) is 6.26 Å². The minimum Gasteiger partial charge on any atom is -0.464 e. The number of fused-ring (bicyclic) bond motifs is 2. The van der Waals surface area contributed by atoms with Gasteiger partial charge in [0.05, 0.1) is 18.0 Å². The molecule has 1 saturated carbocycles. The van der Waals surface area contributed by atoms with E-state index in [0.29, 0.717) is 0 Å². The molecule has 1 aliphatic heterocycles. The fourth-order valence-electron chi connectivity index (χ4n) is 3.81. The Morgan fingerprint density at radius 1 is 1.33 bits per heavy atom. The summed E-state index contributed by atoms with van der Waals surface area (Å²) in [5.41, 5.74) is 3.25. The van der Waals surface area contributed by atoms with Crippen LogP contribution in [0.1, 0.15) is 43.7 Å². The van der Waals surface area contributed by atoms with E-state index in [1.54, 1.807) is 0 Å². The maximum Gasteiger partial charge on any atom is 0.462 e. The van der Waals surface area contributed by atoms with Crippen LogP contribution >= 0.6 is 0 Å². The van der Waals surface area contributed by atoms with E-state index in [2.05, 4.69) is 32.0 Å². The number of rotatable bonds is 2. The van der Waals surface area contributed by atoms with Gasteiger partial charge in [0.15, 0.2) is 0 Å². The molecule has 0 amide bonds. The van der Waals surface area contributed by atoms with Gasteiger partial charge in [0.2, 0.25) is 0 Å². The Hall–Kier alpha value is -1.26. The van der Waals surface area contributed by atoms with Gasteiger partial charge in [0.1, 0.15) is 5.58 Å². The normalized spacial score (nSPS) is 29.0. The Morgan fingerprint density at radius 2 is 2.24 bits per heavy atom. The zero-order valence-electron chi connectivity index (χ0n) is 12.7. The quantitative estimate of drug-likeness (QED) is 0.779. The number of furan rings is 1. The van der Waals surface area contributed by atoms with Crippen molar-refractivity contribution < 1.29 is 13.7 Å². The van der Waals surface area contributed by atoms with Gasteiger partial charge in [-0.25, -0.2) is 0 Å². The maximum absolute atomic E-state index is 6.24. The second kappa shape index (κ2) is 4.89. The van der Waals surface area contributed by atoms with E-state index in [9.17, 15) is 0 Å². The maximum atomic E-state index is 6.24. The molecule has 1 aromatic heterocycles. The lowest BCUT2D eigenvalue weighted by molar-refractivity contribution is 0.0181. The van der Waals surface area contributed by atoms with Crippen molar-refractivity contribution in [3.63, 3.8) is 0 Å². The third-order valence-electron chi connectivity index (χ3n) is 5.05. The van der Waals surface area contributed by atoms with Crippen molar-refractivity contribution in [3.8, 4) is 0 Å². The molecular weight excluding hydrogens is 263 g/mol. The number of hydrogen-bond acceptors (Lipinski definition) is 3. The van der Waals surface area contributed by atoms with Crippen molar-refractivity contribution in [2.75, 3.05) is 0 Å². The minimum atomic E-state index is -0.139. The largest absolute Gasteiger partial charge is 0.464 e. The van der Waals surface area contributed by atoms with E-state index >= 15 is 0 Å². The fourth-order valence-corrected chi connectivity index (χ4v) is 3.81. The second-order valence-electron chi connectivity index (χ2n) is 6.65. The van der Waals surface area contributed by atoms with Crippen LogP contribution in [0, 0.1) is 6.92 Å². The molecule has 1 aliphatic carbocycles. The minimum absolute atomic E-state index is 0.0849. The van der Waals surface area contributed by atoms with Gasteiger partial charge in [-0.05, 0) is 37.8 Å². The Balaban J connectivity index is 1.57. The molecule has 4 heteroatoms. The molecule has 2 heterocycles. The Bertz CT molecular complexity index is 665. The van der Waals surface area contributed by atoms with Crippen LogP contribution in [0.4, 0.5) is 0 Å². The predicted octanol–water partition coefficient (Wildman–Crippen LogP) is 4.06. The molecule has 2 atom stereocenters. The SMILES string of the molecule is Cc1cccc2c(CB3OC4CCCC[C@]4(C)O3)coc12. The summed E-state index contributed by atoms with van der Waals surface area (Å²) in [6, 6.07) is 6.27. The van der Waals surface area contributed by atoms with Crippen LogP contribution in [-0.2, 0) is 15.6 Å². The molecule has 1 aromatic carbocycles. The summed E-state index contributed by atoms with van der Waals surface area (Å²) in [5.74, 6) is 0. The summed E-state index contributed by atoms with van der Waals surface area (Å²) >= 11 is 0. The lowest BCUT2D eigenvalue weighted by atomic mass is 9.80. The lowest BCUT2D eigenvalue weighted by Crippen LogP contribution is -2.39. The smallest absolute Gasteiger partial charge is 0.462 e. The fraction of sp³-hybridized carbons (Fsp3) is 0.529. The van der Waals surface area contributed by atoms with Crippen molar-refractivity contribution in [3.05, 3.63) is 35.6 Å². The van der Waals surface area contributed by atoms with E-state index in [4.69, 9.17) is 13.7 Å². The second-order valence-corrected chi connectivity index (χ2v) is 6.65. The molecule has 4 rings (SSSR count). The molecule has 2 aliphatic rings. The monoisotopic (exact) mass is 284 g/mol. The molecule has 1 unspecified atom stereocenters. The number of benzene rings is 1. The highest BCUT2D eigenvalue weighted by Crippen LogP contribution is 2.40. The van der Waals surface area contributed by atoms with Gasteiger partial charge in [-0.1, -0.05) is 31.0 Å². The number of para-hydroxylation sites is 1.